The molecule has 3 rings (SSSR count). The maximum atomic E-state index is 8.85. The Hall–Kier alpha value is -2.73. The van der Waals surface area contributed by atoms with Gasteiger partial charge in [0.1, 0.15) is 5.75 Å². The van der Waals surface area contributed by atoms with Gasteiger partial charge in [0, 0.05) is 29.2 Å². The first-order valence-electron chi connectivity index (χ1n) is 7.51. The third-order valence-corrected chi connectivity index (χ3v) is 3.71. The molecule has 1 heterocycles. The van der Waals surface area contributed by atoms with E-state index in [2.05, 4.69) is 41.1 Å². The van der Waals surface area contributed by atoms with Crippen LogP contribution in [0, 0.1) is 11.3 Å². The molecule has 0 aliphatic heterocycles. The van der Waals surface area contributed by atoms with E-state index in [9.17, 15) is 0 Å². The molecule has 0 amide bonds. The highest BCUT2D eigenvalue weighted by atomic mass is 16.5. The second-order valence-corrected chi connectivity index (χ2v) is 5.12. The van der Waals surface area contributed by atoms with Crippen molar-refractivity contribution in [2.45, 2.75) is 19.9 Å². The predicted octanol–water partition coefficient (Wildman–Crippen LogP) is 4.62. The zero-order valence-electron chi connectivity index (χ0n) is 12.6. The fourth-order valence-electron chi connectivity index (χ4n) is 2.74. The molecule has 110 valence electrons. The van der Waals surface area contributed by atoms with Crippen LogP contribution >= 0.6 is 0 Å². The standard InChI is InChI=1S/C19H18N2O/c1-2-22-16-9-10-19-17(13-16)18(14-21(19)12-6-11-20)15-7-4-3-5-8-15/h3-5,7-10,13-14H,2,6,12H2,1H3. The third-order valence-electron chi connectivity index (χ3n) is 3.71. The smallest absolute Gasteiger partial charge is 0.120 e. The molecule has 3 nitrogen and oxygen atoms in total. The van der Waals surface area contributed by atoms with E-state index in [1.807, 2.05) is 31.2 Å². The third kappa shape index (κ3) is 2.68. The maximum Gasteiger partial charge on any atom is 0.120 e. The molecule has 22 heavy (non-hydrogen) atoms. The van der Waals surface area contributed by atoms with Gasteiger partial charge in [-0.3, -0.25) is 0 Å². The van der Waals surface area contributed by atoms with Crippen LogP contribution in [0.2, 0.25) is 0 Å². The van der Waals surface area contributed by atoms with E-state index in [4.69, 9.17) is 10.00 Å². The van der Waals surface area contributed by atoms with Gasteiger partial charge in [-0.2, -0.15) is 5.26 Å². The Balaban J connectivity index is 2.16. The number of aromatic nitrogens is 1. The summed E-state index contributed by atoms with van der Waals surface area (Å²) in [6.07, 6.45) is 2.64. The molecular formula is C19H18N2O. The molecule has 0 spiro atoms. The topological polar surface area (TPSA) is 38.0 Å². The molecule has 0 atom stereocenters. The van der Waals surface area contributed by atoms with Gasteiger partial charge in [0.25, 0.3) is 0 Å². The molecule has 0 N–H and O–H groups in total. The van der Waals surface area contributed by atoms with Crippen LogP contribution in [0.5, 0.6) is 5.75 Å². The quantitative estimate of drug-likeness (QED) is 0.687. The summed E-state index contributed by atoms with van der Waals surface area (Å²) in [5.41, 5.74) is 3.49. The van der Waals surface area contributed by atoms with Crippen molar-refractivity contribution in [1.29, 1.82) is 5.26 Å². The van der Waals surface area contributed by atoms with Crippen LogP contribution < -0.4 is 4.74 Å². The van der Waals surface area contributed by atoms with E-state index in [0.717, 1.165) is 16.7 Å². The normalized spacial score (nSPS) is 10.5. The number of benzene rings is 2. The van der Waals surface area contributed by atoms with E-state index < -0.39 is 0 Å². The summed E-state index contributed by atoms with van der Waals surface area (Å²) in [4.78, 5) is 0. The first kappa shape index (κ1) is 14.2. The molecule has 2 aromatic carbocycles. The van der Waals surface area contributed by atoms with E-state index in [1.54, 1.807) is 0 Å². The molecule has 3 aromatic rings. The summed E-state index contributed by atoms with van der Waals surface area (Å²) < 4.78 is 7.78. The number of aryl methyl sites for hydroxylation is 1. The molecule has 1 aromatic heterocycles. The summed E-state index contributed by atoms with van der Waals surface area (Å²) in [7, 11) is 0. The second kappa shape index (κ2) is 6.36. The lowest BCUT2D eigenvalue weighted by atomic mass is 10.0. The number of nitrogens with zero attached hydrogens (tertiary/aromatic N) is 2. The molecule has 0 saturated carbocycles. The van der Waals surface area contributed by atoms with E-state index >= 15 is 0 Å². The summed E-state index contributed by atoms with van der Waals surface area (Å²) in [5, 5.41) is 10.0. The Morgan fingerprint density at radius 3 is 2.68 bits per heavy atom. The van der Waals surface area contributed by atoms with E-state index in [0.29, 0.717) is 19.6 Å². The second-order valence-electron chi connectivity index (χ2n) is 5.12. The Morgan fingerprint density at radius 2 is 1.95 bits per heavy atom. The number of nitriles is 1. The van der Waals surface area contributed by atoms with Gasteiger partial charge in [0.15, 0.2) is 0 Å². The van der Waals surface area contributed by atoms with Gasteiger partial charge in [-0.25, -0.2) is 0 Å². The van der Waals surface area contributed by atoms with E-state index in [1.165, 1.54) is 11.1 Å². The predicted molar refractivity (Wildman–Crippen MR) is 88.8 cm³/mol. The number of hydrogen-bond acceptors (Lipinski definition) is 2. The number of fused-ring (bicyclic) bond motifs is 1. The molecule has 3 heteroatoms. The monoisotopic (exact) mass is 290 g/mol. The van der Waals surface area contributed by atoms with Crippen molar-refractivity contribution < 1.29 is 4.74 Å². The van der Waals surface area contributed by atoms with Crippen molar-refractivity contribution in [2.24, 2.45) is 0 Å². The van der Waals surface area contributed by atoms with Crippen molar-refractivity contribution in [3.05, 3.63) is 54.7 Å². The first-order chi connectivity index (χ1) is 10.8. The van der Waals surface area contributed by atoms with Crippen molar-refractivity contribution in [3.63, 3.8) is 0 Å². The zero-order valence-corrected chi connectivity index (χ0v) is 12.6. The highest BCUT2D eigenvalue weighted by molar-refractivity contribution is 5.97. The summed E-state index contributed by atoms with van der Waals surface area (Å²) in [6, 6.07) is 18.7. The van der Waals surface area contributed by atoms with Gasteiger partial charge in [-0.15, -0.1) is 0 Å². The Labute approximate surface area is 130 Å². The molecule has 0 saturated heterocycles. The lowest BCUT2D eigenvalue weighted by Gasteiger charge is -2.05. The first-order valence-corrected chi connectivity index (χ1v) is 7.51. The van der Waals surface area contributed by atoms with Gasteiger partial charge in [0.05, 0.1) is 19.1 Å². The minimum atomic E-state index is 0.505. The highest BCUT2D eigenvalue weighted by Crippen LogP contribution is 2.33. The SMILES string of the molecule is CCOc1ccc2c(c1)c(-c1ccccc1)cn2CCC#N. The summed E-state index contributed by atoms with van der Waals surface area (Å²) >= 11 is 0. The van der Waals surface area contributed by atoms with Gasteiger partial charge in [-0.05, 0) is 30.7 Å². The molecule has 0 radical (unpaired) electrons. The molecule has 0 aliphatic rings. The van der Waals surface area contributed by atoms with Crippen LogP contribution in [-0.2, 0) is 6.54 Å². The number of rotatable bonds is 5. The van der Waals surface area contributed by atoms with Crippen molar-refractivity contribution >= 4 is 10.9 Å². The van der Waals surface area contributed by atoms with Gasteiger partial charge in [0.2, 0.25) is 0 Å². The van der Waals surface area contributed by atoms with Crippen LogP contribution in [0.1, 0.15) is 13.3 Å². The minimum Gasteiger partial charge on any atom is -0.494 e. The lowest BCUT2D eigenvalue weighted by molar-refractivity contribution is 0.340. The largest absolute Gasteiger partial charge is 0.494 e. The average Bonchev–Trinajstić information content (AvgIpc) is 2.92. The number of hydrogen-bond donors (Lipinski definition) is 0. The minimum absolute atomic E-state index is 0.505. The van der Waals surface area contributed by atoms with Crippen molar-refractivity contribution in [3.8, 4) is 22.9 Å². The zero-order chi connectivity index (χ0) is 15.4. The summed E-state index contributed by atoms with van der Waals surface area (Å²) in [5.74, 6) is 0.880. The van der Waals surface area contributed by atoms with Gasteiger partial charge in [-0.1, -0.05) is 30.3 Å². The lowest BCUT2D eigenvalue weighted by Crippen LogP contribution is -1.95. The Kier molecular flexibility index (Phi) is 4.11. The maximum absolute atomic E-state index is 8.85. The van der Waals surface area contributed by atoms with Gasteiger partial charge < -0.3 is 9.30 Å². The Bertz CT molecular complexity index is 813. The van der Waals surface area contributed by atoms with Crippen LogP contribution in [0.25, 0.3) is 22.0 Å². The fraction of sp³-hybridized carbons (Fsp3) is 0.211. The van der Waals surface area contributed by atoms with Crippen molar-refractivity contribution in [1.82, 2.24) is 4.57 Å². The van der Waals surface area contributed by atoms with Crippen molar-refractivity contribution in [2.75, 3.05) is 6.61 Å². The molecule has 0 aliphatic carbocycles. The highest BCUT2D eigenvalue weighted by Gasteiger charge is 2.11. The average molecular weight is 290 g/mol. The number of ether oxygens (including phenoxy) is 1. The van der Waals surface area contributed by atoms with E-state index in [-0.39, 0.29) is 0 Å². The Morgan fingerprint density at radius 1 is 1.14 bits per heavy atom. The molecule has 0 fully saturated rings. The summed E-state index contributed by atoms with van der Waals surface area (Å²) in [6.45, 7) is 3.34. The van der Waals surface area contributed by atoms with Crippen LogP contribution in [0.15, 0.2) is 54.7 Å². The van der Waals surface area contributed by atoms with Gasteiger partial charge >= 0.3 is 0 Å². The fourth-order valence-corrected chi connectivity index (χ4v) is 2.74. The molecule has 0 bridgehead atoms. The molecule has 0 unspecified atom stereocenters. The van der Waals surface area contributed by atoms with Crippen LogP contribution in [0.4, 0.5) is 0 Å². The molecular weight excluding hydrogens is 272 g/mol. The van der Waals surface area contributed by atoms with Crippen LogP contribution in [-0.4, -0.2) is 11.2 Å². The van der Waals surface area contributed by atoms with Crippen LogP contribution in [0.3, 0.4) is 0 Å².